The number of thiophene rings is 1. The van der Waals surface area contributed by atoms with Gasteiger partial charge in [0, 0.05) is 16.0 Å². The van der Waals surface area contributed by atoms with Crippen molar-refractivity contribution in [2.24, 2.45) is 0 Å². The normalized spacial score (nSPS) is 17.9. The smallest absolute Gasteiger partial charge is 0.295 e. The molecule has 34 heavy (non-hydrogen) atoms. The number of hydrogen-bond donors (Lipinski definition) is 1. The summed E-state index contributed by atoms with van der Waals surface area (Å²) in [5.41, 5.74) is 1.50. The Hall–Kier alpha value is -3.45. The van der Waals surface area contributed by atoms with Gasteiger partial charge in [0.05, 0.1) is 25.3 Å². The van der Waals surface area contributed by atoms with Gasteiger partial charge in [-0.15, -0.1) is 11.3 Å². The molecule has 1 saturated heterocycles. The fourth-order valence-corrected chi connectivity index (χ4v) is 4.90. The molecule has 7 heteroatoms. The molecule has 1 unspecified atom stereocenters. The highest BCUT2D eigenvalue weighted by Crippen LogP contribution is 2.42. The maximum absolute atomic E-state index is 13.7. The van der Waals surface area contributed by atoms with Crippen LogP contribution in [0.25, 0.3) is 5.76 Å². The number of hydrogen-bond acceptors (Lipinski definition) is 5. The number of carbonyl (C=O) groups excluding carboxylic acids is 2. The van der Waals surface area contributed by atoms with Crippen molar-refractivity contribution in [3.63, 3.8) is 0 Å². The van der Waals surface area contributed by atoms with E-state index in [1.165, 1.54) is 40.5 Å². The molecule has 1 aromatic heterocycles. The lowest BCUT2D eigenvalue weighted by molar-refractivity contribution is -0.140. The van der Waals surface area contributed by atoms with Crippen molar-refractivity contribution in [1.29, 1.82) is 0 Å². The Kier molecular flexibility index (Phi) is 6.32. The number of benzene rings is 2. The Bertz CT molecular complexity index is 1260. The van der Waals surface area contributed by atoms with Gasteiger partial charge in [0.1, 0.15) is 17.3 Å². The van der Waals surface area contributed by atoms with Crippen molar-refractivity contribution >= 4 is 28.8 Å². The van der Waals surface area contributed by atoms with E-state index in [1.807, 2.05) is 38.3 Å². The van der Waals surface area contributed by atoms with Gasteiger partial charge in [-0.2, -0.15) is 0 Å². The second-order valence-electron chi connectivity index (χ2n) is 9.22. The Morgan fingerprint density at radius 3 is 2.41 bits per heavy atom. The average molecular weight is 480 g/mol. The van der Waals surface area contributed by atoms with Crippen LogP contribution in [0.4, 0.5) is 4.39 Å². The lowest BCUT2D eigenvalue weighted by atomic mass is 9.84. The number of halogens is 1. The van der Waals surface area contributed by atoms with Crippen molar-refractivity contribution < 1.29 is 23.8 Å². The molecule has 4 rings (SSSR count). The lowest BCUT2D eigenvalue weighted by Gasteiger charge is -2.25. The molecule has 2 heterocycles. The van der Waals surface area contributed by atoms with E-state index in [2.05, 4.69) is 0 Å². The van der Waals surface area contributed by atoms with E-state index in [4.69, 9.17) is 4.74 Å². The molecule has 1 N–H and O–H groups in total. The number of rotatable bonds is 5. The maximum atomic E-state index is 13.7. The van der Waals surface area contributed by atoms with Gasteiger partial charge in [-0.1, -0.05) is 39.0 Å². The first-order chi connectivity index (χ1) is 16.1. The Morgan fingerprint density at radius 1 is 1.12 bits per heavy atom. The summed E-state index contributed by atoms with van der Waals surface area (Å²) >= 11 is 1.47. The number of methoxy groups -OCH3 is 1. The molecule has 1 aliphatic rings. The molecule has 1 atom stereocenters. The van der Waals surface area contributed by atoms with Crippen LogP contribution in [0.5, 0.6) is 5.75 Å². The van der Waals surface area contributed by atoms with Crippen LogP contribution in [-0.2, 0) is 21.5 Å². The highest BCUT2D eigenvalue weighted by molar-refractivity contribution is 7.09. The Balaban J connectivity index is 1.89. The van der Waals surface area contributed by atoms with Gasteiger partial charge in [0.15, 0.2) is 0 Å². The summed E-state index contributed by atoms with van der Waals surface area (Å²) in [7, 11) is 1.58. The molecule has 0 bridgehead atoms. The molecule has 0 aliphatic carbocycles. The first-order valence-electron chi connectivity index (χ1n) is 10.9. The Labute approximate surface area is 202 Å². The number of ketones is 1. The molecular weight excluding hydrogens is 453 g/mol. The zero-order valence-electron chi connectivity index (χ0n) is 19.5. The van der Waals surface area contributed by atoms with E-state index in [1.54, 1.807) is 25.3 Å². The van der Waals surface area contributed by atoms with Crippen molar-refractivity contribution in [1.82, 2.24) is 4.90 Å². The highest BCUT2D eigenvalue weighted by Gasteiger charge is 2.46. The van der Waals surface area contributed by atoms with E-state index < -0.39 is 23.5 Å². The van der Waals surface area contributed by atoms with Gasteiger partial charge in [-0.05, 0) is 52.8 Å². The second kappa shape index (κ2) is 9.06. The number of nitrogens with zero attached hydrogens (tertiary/aromatic N) is 1. The molecule has 0 spiro atoms. The molecule has 176 valence electrons. The highest BCUT2D eigenvalue weighted by atomic mass is 32.1. The number of aliphatic hydroxyl groups excluding tert-OH is 1. The van der Waals surface area contributed by atoms with Crippen molar-refractivity contribution in [3.8, 4) is 5.75 Å². The fraction of sp³-hybridized carbons (Fsp3) is 0.259. The first kappa shape index (κ1) is 23.7. The second-order valence-corrected chi connectivity index (χ2v) is 10.3. The van der Waals surface area contributed by atoms with Crippen molar-refractivity contribution in [3.05, 3.63) is 92.9 Å². The van der Waals surface area contributed by atoms with E-state index in [0.29, 0.717) is 16.9 Å². The molecule has 5 nitrogen and oxygen atoms in total. The summed E-state index contributed by atoms with van der Waals surface area (Å²) in [6.07, 6.45) is 0. The third-order valence-electron chi connectivity index (χ3n) is 5.91. The molecule has 1 fully saturated rings. The quantitative estimate of drug-likeness (QED) is 0.285. The van der Waals surface area contributed by atoms with Crippen molar-refractivity contribution in [2.45, 2.75) is 38.8 Å². The van der Waals surface area contributed by atoms with Crippen LogP contribution in [0.15, 0.2) is 65.6 Å². The minimum absolute atomic E-state index is 0.0156. The van der Waals surface area contributed by atoms with Crippen LogP contribution < -0.4 is 4.74 Å². The molecule has 0 saturated carbocycles. The van der Waals surface area contributed by atoms with Crippen LogP contribution in [0.1, 0.15) is 48.4 Å². The number of likely N-dealkylation sites (tertiary alicyclic amines) is 1. The molecule has 1 aliphatic heterocycles. The summed E-state index contributed by atoms with van der Waals surface area (Å²) < 4.78 is 19.1. The van der Waals surface area contributed by atoms with E-state index in [0.717, 1.165) is 10.4 Å². The van der Waals surface area contributed by atoms with Crippen molar-refractivity contribution in [2.75, 3.05) is 7.11 Å². The molecule has 3 aromatic rings. The molecule has 0 radical (unpaired) electrons. The molecule has 2 aromatic carbocycles. The number of ether oxygens (including phenoxy) is 1. The minimum Gasteiger partial charge on any atom is -0.507 e. The van der Waals surface area contributed by atoms with Gasteiger partial charge >= 0.3 is 0 Å². The monoisotopic (exact) mass is 479 g/mol. The third kappa shape index (κ3) is 4.35. The van der Waals surface area contributed by atoms with E-state index in [9.17, 15) is 19.1 Å². The van der Waals surface area contributed by atoms with Crippen LogP contribution in [0, 0.1) is 5.82 Å². The maximum Gasteiger partial charge on any atom is 0.295 e. The van der Waals surface area contributed by atoms with Crippen LogP contribution >= 0.6 is 11.3 Å². The number of amides is 1. The minimum atomic E-state index is -0.845. The Morgan fingerprint density at radius 2 is 1.82 bits per heavy atom. The third-order valence-corrected chi connectivity index (χ3v) is 6.77. The zero-order chi connectivity index (χ0) is 24.6. The summed E-state index contributed by atoms with van der Waals surface area (Å²) in [5, 5.41) is 13.3. The van der Waals surface area contributed by atoms with E-state index >= 15 is 0 Å². The predicted molar refractivity (Wildman–Crippen MR) is 130 cm³/mol. The number of Topliss-reactive ketones (excluding diaryl/α,β-unsaturated/α-hetero) is 1. The largest absolute Gasteiger partial charge is 0.507 e. The SMILES string of the molecule is COc1ccc(/C(O)=C2/C(=O)C(=O)N(Cc3cccs3)C2c2ccc(F)cc2)cc1C(C)(C)C. The van der Waals surface area contributed by atoms with Gasteiger partial charge in [-0.3, -0.25) is 9.59 Å². The lowest BCUT2D eigenvalue weighted by Crippen LogP contribution is -2.28. The first-order valence-corrected chi connectivity index (χ1v) is 11.7. The van der Waals surface area contributed by atoms with Gasteiger partial charge < -0.3 is 14.7 Å². The average Bonchev–Trinajstić information content (AvgIpc) is 3.40. The van der Waals surface area contributed by atoms with Gasteiger partial charge in [0.25, 0.3) is 11.7 Å². The predicted octanol–water partition coefficient (Wildman–Crippen LogP) is 5.82. The number of aliphatic hydroxyl groups is 1. The van der Waals surface area contributed by atoms with Crippen LogP contribution in [-0.4, -0.2) is 28.8 Å². The standard InChI is InChI=1S/C27H26FNO4S/c1-27(2,3)20-14-17(9-12-21(20)33-4)24(30)22-23(16-7-10-18(28)11-8-16)29(26(32)25(22)31)15-19-6-5-13-34-19/h5-14,23,30H,15H2,1-4H3/b24-22-. The molecular formula is C27H26FNO4S. The summed E-state index contributed by atoms with van der Waals surface area (Å²) in [6.45, 7) is 6.27. The number of carbonyl (C=O) groups is 2. The summed E-state index contributed by atoms with van der Waals surface area (Å²) in [4.78, 5) is 28.6. The summed E-state index contributed by atoms with van der Waals surface area (Å²) in [5.74, 6) is -1.50. The molecule has 1 amide bonds. The van der Waals surface area contributed by atoms with Crippen LogP contribution in [0.3, 0.4) is 0 Å². The van der Waals surface area contributed by atoms with Gasteiger partial charge in [0.2, 0.25) is 0 Å². The zero-order valence-corrected chi connectivity index (χ0v) is 20.3. The van der Waals surface area contributed by atoms with Crippen LogP contribution in [0.2, 0.25) is 0 Å². The van der Waals surface area contributed by atoms with Gasteiger partial charge in [-0.25, -0.2) is 4.39 Å². The topological polar surface area (TPSA) is 66.8 Å². The van der Waals surface area contributed by atoms with E-state index in [-0.39, 0.29) is 23.3 Å². The summed E-state index contributed by atoms with van der Waals surface area (Å²) in [6, 6.07) is 13.7. The fourth-order valence-electron chi connectivity index (χ4n) is 4.20.